The molecule has 0 unspecified atom stereocenters. The predicted octanol–water partition coefficient (Wildman–Crippen LogP) is 2.31. The molecule has 4 heterocycles. The van der Waals surface area contributed by atoms with Crippen LogP contribution >= 0.6 is 0 Å². The van der Waals surface area contributed by atoms with Gasteiger partial charge in [-0.05, 0) is 25.1 Å². The van der Waals surface area contributed by atoms with Crippen molar-refractivity contribution in [3.05, 3.63) is 54.7 Å². The Hall–Kier alpha value is -3.22. The maximum atomic E-state index is 4.53. The van der Waals surface area contributed by atoms with Crippen molar-refractivity contribution in [2.45, 2.75) is 6.92 Å². The Bertz CT molecular complexity index is 1080. The minimum atomic E-state index is 0.900. The van der Waals surface area contributed by atoms with E-state index < -0.39 is 0 Å². The Labute approximate surface area is 150 Å². The smallest absolute Gasteiger partial charge is 0.157 e. The van der Waals surface area contributed by atoms with Crippen molar-refractivity contribution in [1.82, 2.24) is 24.6 Å². The second-order valence-corrected chi connectivity index (χ2v) is 6.60. The maximum absolute atomic E-state index is 4.53. The number of aryl methyl sites for hydroxylation is 1. The fraction of sp³-hybridized carbons (Fsp3) is 0.263. The SMILES string of the molecule is Cc1cc(N2CCN(c3ccc4ncncc4c3)CC2)n2nccc2n1. The molecule has 0 radical (unpaired) electrons. The first-order valence-corrected chi connectivity index (χ1v) is 8.79. The van der Waals surface area contributed by atoms with Gasteiger partial charge < -0.3 is 9.80 Å². The maximum Gasteiger partial charge on any atom is 0.157 e. The molecule has 1 aliphatic rings. The second kappa shape index (κ2) is 5.94. The van der Waals surface area contributed by atoms with Crippen LogP contribution in [0.25, 0.3) is 16.6 Å². The number of piperazine rings is 1. The van der Waals surface area contributed by atoms with Crippen LogP contribution in [0, 0.1) is 6.92 Å². The van der Waals surface area contributed by atoms with Crippen molar-refractivity contribution in [2.24, 2.45) is 0 Å². The first-order chi connectivity index (χ1) is 12.8. The second-order valence-electron chi connectivity index (χ2n) is 6.60. The van der Waals surface area contributed by atoms with Gasteiger partial charge in [-0.3, -0.25) is 0 Å². The van der Waals surface area contributed by atoms with Gasteiger partial charge in [-0.1, -0.05) is 0 Å². The zero-order valence-electron chi connectivity index (χ0n) is 14.6. The van der Waals surface area contributed by atoms with E-state index in [1.54, 1.807) is 12.5 Å². The van der Waals surface area contributed by atoms with Crippen LogP contribution in [0.1, 0.15) is 5.69 Å². The van der Waals surface area contributed by atoms with Crippen molar-refractivity contribution in [2.75, 3.05) is 36.0 Å². The number of aromatic nitrogens is 5. The van der Waals surface area contributed by atoms with Crippen LogP contribution in [0.5, 0.6) is 0 Å². The van der Waals surface area contributed by atoms with Crippen LogP contribution in [0.2, 0.25) is 0 Å². The molecule has 1 fully saturated rings. The van der Waals surface area contributed by atoms with Gasteiger partial charge in [-0.2, -0.15) is 9.61 Å². The fourth-order valence-corrected chi connectivity index (χ4v) is 3.61. The van der Waals surface area contributed by atoms with E-state index in [4.69, 9.17) is 0 Å². The first-order valence-electron chi connectivity index (χ1n) is 8.79. The highest BCUT2D eigenvalue weighted by atomic mass is 15.4. The average molecular weight is 345 g/mol. The number of fused-ring (bicyclic) bond motifs is 2. The molecule has 3 aromatic heterocycles. The molecular weight excluding hydrogens is 326 g/mol. The molecule has 5 rings (SSSR count). The lowest BCUT2D eigenvalue weighted by Gasteiger charge is -2.37. The minimum Gasteiger partial charge on any atom is -0.368 e. The van der Waals surface area contributed by atoms with Gasteiger partial charge in [0.15, 0.2) is 5.65 Å². The molecule has 4 aromatic rings. The molecule has 7 nitrogen and oxygen atoms in total. The van der Waals surface area contributed by atoms with Gasteiger partial charge in [0, 0.05) is 61.3 Å². The van der Waals surface area contributed by atoms with Gasteiger partial charge in [-0.15, -0.1) is 0 Å². The molecule has 1 aromatic carbocycles. The van der Waals surface area contributed by atoms with Crippen molar-refractivity contribution in [3.8, 4) is 0 Å². The molecule has 0 saturated carbocycles. The quantitative estimate of drug-likeness (QED) is 0.556. The highest BCUT2D eigenvalue weighted by Crippen LogP contribution is 2.24. The molecule has 0 N–H and O–H groups in total. The van der Waals surface area contributed by atoms with Gasteiger partial charge in [0.1, 0.15) is 12.1 Å². The summed E-state index contributed by atoms with van der Waals surface area (Å²) in [6.45, 7) is 5.85. The van der Waals surface area contributed by atoms with Crippen molar-refractivity contribution in [1.29, 1.82) is 0 Å². The van der Waals surface area contributed by atoms with E-state index >= 15 is 0 Å². The highest BCUT2D eigenvalue weighted by molar-refractivity contribution is 5.81. The van der Waals surface area contributed by atoms with Gasteiger partial charge in [0.05, 0.1) is 11.7 Å². The molecule has 7 heteroatoms. The molecule has 1 aliphatic heterocycles. The normalized spacial score (nSPS) is 15.1. The summed E-state index contributed by atoms with van der Waals surface area (Å²) in [6.07, 6.45) is 5.27. The molecule has 0 aliphatic carbocycles. The van der Waals surface area contributed by atoms with Crippen LogP contribution < -0.4 is 9.80 Å². The van der Waals surface area contributed by atoms with E-state index in [0.29, 0.717) is 0 Å². The Kier molecular flexibility index (Phi) is 3.44. The zero-order chi connectivity index (χ0) is 17.5. The molecule has 0 atom stereocenters. The van der Waals surface area contributed by atoms with Gasteiger partial charge >= 0.3 is 0 Å². The molecule has 0 amide bonds. The topological polar surface area (TPSA) is 62.5 Å². The van der Waals surface area contributed by atoms with E-state index in [0.717, 1.165) is 54.2 Å². The van der Waals surface area contributed by atoms with Crippen LogP contribution in [0.15, 0.2) is 49.1 Å². The standard InChI is InChI=1S/C19H19N7/c1-14-10-19(26-18(23-14)4-5-22-26)25-8-6-24(7-9-25)16-2-3-17-15(11-16)12-20-13-21-17/h2-5,10-13H,6-9H2,1H3. The van der Waals surface area contributed by atoms with E-state index in [9.17, 15) is 0 Å². The molecule has 1 saturated heterocycles. The number of benzene rings is 1. The first kappa shape index (κ1) is 15.1. The van der Waals surface area contributed by atoms with Crippen molar-refractivity contribution >= 4 is 28.1 Å². The molecule has 26 heavy (non-hydrogen) atoms. The molecular formula is C19H19N7. The molecule has 0 bridgehead atoms. The number of hydrogen-bond donors (Lipinski definition) is 0. The van der Waals surface area contributed by atoms with E-state index in [2.05, 4.69) is 54.1 Å². The van der Waals surface area contributed by atoms with E-state index in [1.807, 2.05) is 23.7 Å². The summed E-state index contributed by atoms with van der Waals surface area (Å²) in [6, 6.07) is 10.5. The predicted molar refractivity (Wildman–Crippen MR) is 102 cm³/mol. The van der Waals surface area contributed by atoms with Crippen LogP contribution in [0.4, 0.5) is 11.5 Å². The lowest BCUT2D eigenvalue weighted by atomic mass is 10.2. The number of nitrogens with zero attached hydrogens (tertiary/aromatic N) is 7. The van der Waals surface area contributed by atoms with Gasteiger partial charge in [0.2, 0.25) is 0 Å². The average Bonchev–Trinajstić information content (AvgIpc) is 3.15. The summed E-state index contributed by atoms with van der Waals surface area (Å²) in [5.74, 6) is 1.11. The summed E-state index contributed by atoms with van der Waals surface area (Å²) in [4.78, 5) is 17.8. The lowest BCUT2D eigenvalue weighted by molar-refractivity contribution is 0.638. The summed E-state index contributed by atoms with van der Waals surface area (Å²) in [7, 11) is 0. The third-order valence-electron chi connectivity index (χ3n) is 4.93. The molecule has 130 valence electrons. The summed E-state index contributed by atoms with van der Waals surface area (Å²) >= 11 is 0. The van der Waals surface area contributed by atoms with Crippen LogP contribution in [0.3, 0.4) is 0 Å². The van der Waals surface area contributed by atoms with Gasteiger partial charge in [-0.25, -0.2) is 15.0 Å². The zero-order valence-corrected chi connectivity index (χ0v) is 14.6. The lowest BCUT2D eigenvalue weighted by Crippen LogP contribution is -2.47. The van der Waals surface area contributed by atoms with Crippen LogP contribution in [-0.2, 0) is 0 Å². The summed E-state index contributed by atoms with van der Waals surface area (Å²) in [5.41, 5.74) is 4.12. The third-order valence-corrected chi connectivity index (χ3v) is 4.93. The summed E-state index contributed by atoms with van der Waals surface area (Å²) < 4.78 is 1.93. The molecule has 0 spiro atoms. The van der Waals surface area contributed by atoms with Gasteiger partial charge in [0.25, 0.3) is 0 Å². The Balaban J connectivity index is 1.39. The number of hydrogen-bond acceptors (Lipinski definition) is 6. The monoisotopic (exact) mass is 345 g/mol. The largest absolute Gasteiger partial charge is 0.368 e. The minimum absolute atomic E-state index is 0.900. The third kappa shape index (κ3) is 2.52. The number of anilines is 2. The number of rotatable bonds is 2. The van der Waals surface area contributed by atoms with E-state index in [-0.39, 0.29) is 0 Å². The highest BCUT2D eigenvalue weighted by Gasteiger charge is 2.20. The summed E-state index contributed by atoms with van der Waals surface area (Å²) in [5, 5.41) is 5.51. The Morgan fingerprint density at radius 3 is 2.69 bits per heavy atom. The van der Waals surface area contributed by atoms with Crippen LogP contribution in [-0.4, -0.2) is 50.7 Å². The van der Waals surface area contributed by atoms with Crippen molar-refractivity contribution in [3.63, 3.8) is 0 Å². The van der Waals surface area contributed by atoms with E-state index in [1.165, 1.54) is 5.69 Å². The van der Waals surface area contributed by atoms with Crippen molar-refractivity contribution < 1.29 is 0 Å². The Morgan fingerprint density at radius 2 is 1.81 bits per heavy atom. The fourth-order valence-electron chi connectivity index (χ4n) is 3.61. The Morgan fingerprint density at radius 1 is 0.962 bits per heavy atom.